The van der Waals surface area contributed by atoms with E-state index in [4.69, 9.17) is 9.83 Å². The molecule has 0 amide bonds. The zero-order chi connectivity index (χ0) is 16.0. The Morgan fingerprint density at radius 3 is 3.09 bits per heavy atom. The molecule has 2 atom stereocenters. The van der Waals surface area contributed by atoms with Crippen molar-refractivity contribution in [1.82, 2.24) is 10.0 Å². The number of nitrogens with zero attached hydrogens (tertiary/aromatic N) is 3. The molecular formula is C18H25N4O+. The maximum absolute atomic E-state index is 6.02. The van der Waals surface area contributed by atoms with Gasteiger partial charge in [0.1, 0.15) is 12.8 Å². The molecule has 1 N–H and O–H groups in total. The highest BCUT2D eigenvalue weighted by Crippen LogP contribution is 2.38. The van der Waals surface area contributed by atoms with Gasteiger partial charge in [-0.25, -0.2) is 19.9 Å². The van der Waals surface area contributed by atoms with Gasteiger partial charge < -0.3 is 4.57 Å². The maximum Gasteiger partial charge on any atom is 0.248 e. The van der Waals surface area contributed by atoms with E-state index in [0.29, 0.717) is 5.92 Å². The molecular weight excluding hydrogens is 288 g/mol. The van der Waals surface area contributed by atoms with Gasteiger partial charge >= 0.3 is 0 Å². The monoisotopic (exact) mass is 313 g/mol. The molecule has 122 valence electrons. The molecule has 4 aliphatic heterocycles. The van der Waals surface area contributed by atoms with Gasteiger partial charge in [-0.15, -0.1) is 0 Å². The second kappa shape index (κ2) is 5.34. The van der Waals surface area contributed by atoms with E-state index in [0.717, 1.165) is 43.9 Å². The van der Waals surface area contributed by atoms with Gasteiger partial charge in [0, 0.05) is 31.5 Å². The topological polar surface area (TPSA) is 41.6 Å². The molecule has 2 bridgehead atoms. The van der Waals surface area contributed by atoms with E-state index in [1.54, 1.807) is 0 Å². The Labute approximate surface area is 137 Å². The van der Waals surface area contributed by atoms with Crippen molar-refractivity contribution < 1.29 is 9.41 Å². The normalized spacial score (nSPS) is 29.3. The minimum Gasteiger partial charge on any atom is -0.345 e. The Morgan fingerprint density at radius 2 is 2.43 bits per heavy atom. The summed E-state index contributed by atoms with van der Waals surface area (Å²) in [4.78, 5) is 11.0. The lowest BCUT2D eigenvalue weighted by atomic mass is 9.83. The average Bonchev–Trinajstić information content (AvgIpc) is 3.10. The predicted octanol–water partition coefficient (Wildman–Crippen LogP) is 2.24. The highest BCUT2D eigenvalue weighted by atomic mass is 16.7. The minimum absolute atomic E-state index is 0.403. The van der Waals surface area contributed by atoms with Gasteiger partial charge in [0.2, 0.25) is 5.72 Å². The van der Waals surface area contributed by atoms with Crippen molar-refractivity contribution in [2.24, 2.45) is 18.0 Å². The fourth-order valence-corrected chi connectivity index (χ4v) is 3.87. The molecule has 5 nitrogen and oxygen atoms in total. The molecule has 1 aromatic rings. The number of aliphatic imine (C=N–C) groups is 1. The van der Waals surface area contributed by atoms with Crippen molar-refractivity contribution in [2.45, 2.75) is 38.8 Å². The third kappa shape index (κ3) is 2.26. The molecule has 1 spiro atoms. The molecule has 4 aliphatic rings. The highest BCUT2D eigenvalue weighted by Gasteiger charge is 2.54. The van der Waals surface area contributed by atoms with Crippen molar-refractivity contribution in [3.05, 3.63) is 29.1 Å². The molecule has 0 radical (unpaired) electrons. The predicted molar refractivity (Wildman–Crippen MR) is 91.7 cm³/mol. The van der Waals surface area contributed by atoms with E-state index < -0.39 is 5.72 Å². The van der Waals surface area contributed by atoms with Crippen LogP contribution < -0.4 is 5.48 Å². The van der Waals surface area contributed by atoms with E-state index in [1.807, 2.05) is 0 Å². The van der Waals surface area contributed by atoms with Crippen molar-refractivity contribution in [1.29, 1.82) is 0 Å². The molecule has 2 unspecified atom stereocenters. The molecule has 5 heterocycles. The summed E-state index contributed by atoms with van der Waals surface area (Å²) in [5, 5.41) is 0. The van der Waals surface area contributed by atoms with Crippen LogP contribution in [0.1, 0.15) is 43.1 Å². The van der Waals surface area contributed by atoms with Gasteiger partial charge in [-0.2, -0.15) is 0 Å². The number of nitrogens with one attached hydrogen (secondary N) is 1. The summed E-state index contributed by atoms with van der Waals surface area (Å²) in [6.45, 7) is 6.30. The third-order valence-electron chi connectivity index (χ3n) is 5.46. The Bertz CT molecular complexity index is 728. The zero-order valence-electron chi connectivity index (χ0n) is 14.2. The lowest BCUT2D eigenvalue weighted by Gasteiger charge is -2.36. The number of hydrogen-bond acceptors (Lipinski definition) is 3. The number of fused-ring (bicyclic) bond motifs is 2. The van der Waals surface area contributed by atoms with E-state index >= 15 is 0 Å². The Morgan fingerprint density at radius 1 is 1.57 bits per heavy atom. The summed E-state index contributed by atoms with van der Waals surface area (Å²) in [6, 6.07) is 2.20. The number of hydroxylamine groups is 1. The number of rotatable bonds is 3. The molecule has 1 saturated heterocycles. The molecule has 0 aliphatic carbocycles. The molecule has 23 heavy (non-hydrogen) atoms. The minimum atomic E-state index is -0.403. The summed E-state index contributed by atoms with van der Waals surface area (Å²) in [7, 11) is 2.09. The number of hydrogen-bond donors (Lipinski definition) is 1. The van der Waals surface area contributed by atoms with Crippen LogP contribution in [0.15, 0.2) is 17.1 Å². The van der Waals surface area contributed by atoms with Crippen LogP contribution in [0.25, 0.3) is 6.08 Å². The van der Waals surface area contributed by atoms with Crippen molar-refractivity contribution in [2.75, 3.05) is 13.1 Å². The van der Waals surface area contributed by atoms with E-state index in [9.17, 15) is 0 Å². The second-order valence-corrected chi connectivity index (χ2v) is 6.82. The summed E-state index contributed by atoms with van der Waals surface area (Å²) < 4.78 is 4.54. The third-order valence-corrected chi connectivity index (χ3v) is 5.46. The summed E-state index contributed by atoms with van der Waals surface area (Å²) in [5.74, 6) is 1.35. The van der Waals surface area contributed by atoms with Crippen LogP contribution in [0.3, 0.4) is 0 Å². The average molecular weight is 313 g/mol. The van der Waals surface area contributed by atoms with Crippen LogP contribution >= 0.6 is 0 Å². The van der Waals surface area contributed by atoms with Gasteiger partial charge in [0.25, 0.3) is 0 Å². The molecule has 1 aromatic heterocycles. The summed E-state index contributed by atoms with van der Waals surface area (Å²) >= 11 is 0. The van der Waals surface area contributed by atoms with E-state index in [-0.39, 0.29) is 0 Å². The Balaban J connectivity index is 1.68. The van der Waals surface area contributed by atoms with Crippen molar-refractivity contribution >= 4 is 18.1 Å². The fraction of sp³-hybridized carbons (Fsp3) is 0.556. The first kappa shape index (κ1) is 14.7. The standard InChI is InChI=1S/C18H25N4O/c1-4-5-6-14-11-16(21(3)13(14)2)17-19-18(23-20-17)12-22-9-7-15(18)8-10-22/h5-6,9,11,15H,4,7-8,10,12H2,1-3H3,(H,19,20)/q+1. The number of piperidine rings is 1. The van der Waals surface area contributed by atoms with Crippen molar-refractivity contribution in [3.8, 4) is 0 Å². The van der Waals surface area contributed by atoms with Crippen LogP contribution in [0, 0.1) is 12.8 Å². The van der Waals surface area contributed by atoms with Crippen molar-refractivity contribution in [3.63, 3.8) is 0 Å². The second-order valence-electron chi connectivity index (χ2n) is 6.82. The van der Waals surface area contributed by atoms with Gasteiger partial charge in [-0.1, -0.05) is 19.1 Å². The van der Waals surface area contributed by atoms with Crippen LogP contribution in [-0.4, -0.2) is 40.0 Å². The molecule has 5 heteroatoms. The number of allylic oxidation sites excluding steroid dienone is 1. The van der Waals surface area contributed by atoms with Gasteiger partial charge in [-0.05, 0) is 25.0 Å². The van der Waals surface area contributed by atoms with Crippen LogP contribution in [-0.2, 0) is 11.9 Å². The zero-order valence-corrected chi connectivity index (χ0v) is 14.2. The summed E-state index contributed by atoms with van der Waals surface area (Å²) in [5.41, 5.74) is 6.31. The molecule has 5 rings (SSSR count). The highest BCUT2D eigenvalue weighted by molar-refractivity contribution is 5.98. The quantitative estimate of drug-likeness (QED) is 0.870. The SMILES string of the molecule is CCC=Cc1cc(C2=NC3(C[N+]4=CCC3CC4)ON2)n(C)c1C. The van der Waals surface area contributed by atoms with Crippen LogP contribution in [0.2, 0.25) is 0 Å². The number of aromatic nitrogens is 1. The fourth-order valence-electron chi connectivity index (χ4n) is 3.87. The van der Waals surface area contributed by atoms with Gasteiger partial charge in [0.15, 0.2) is 12.4 Å². The molecule has 0 aromatic carbocycles. The first-order valence-electron chi connectivity index (χ1n) is 8.57. The lowest BCUT2D eigenvalue weighted by molar-refractivity contribution is -0.571. The van der Waals surface area contributed by atoms with E-state index in [1.165, 1.54) is 11.3 Å². The number of amidine groups is 1. The molecule has 0 saturated carbocycles. The maximum atomic E-state index is 6.02. The van der Waals surface area contributed by atoms with Crippen LogP contribution in [0.5, 0.6) is 0 Å². The van der Waals surface area contributed by atoms with E-state index in [2.05, 4.69) is 60.0 Å². The van der Waals surface area contributed by atoms with Gasteiger partial charge in [0.05, 0.1) is 5.69 Å². The van der Waals surface area contributed by atoms with Crippen LogP contribution in [0.4, 0.5) is 0 Å². The lowest BCUT2D eigenvalue weighted by Crippen LogP contribution is -2.54. The molecule has 1 fully saturated rings. The Kier molecular flexibility index (Phi) is 3.41. The first-order valence-corrected chi connectivity index (χ1v) is 8.57. The Hall–Kier alpha value is -1.88. The first-order chi connectivity index (χ1) is 11.1. The van der Waals surface area contributed by atoms with Gasteiger partial charge in [-0.3, -0.25) is 0 Å². The summed E-state index contributed by atoms with van der Waals surface area (Å²) in [6.07, 6.45) is 9.95. The largest absolute Gasteiger partial charge is 0.345 e. The smallest absolute Gasteiger partial charge is 0.248 e.